The van der Waals surface area contributed by atoms with Crippen molar-refractivity contribution in [2.45, 2.75) is 44.2 Å². The molecule has 2 fully saturated rings. The Kier molecular flexibility index (Phi) is 8.84. The topological polar surface area (TPSA) is 131 Å². The molecular formula is C35H36N6O5S2. The largest absolute Gasteiger partial charge is 0.481 e. The van der Waals surface area contributed by atoms with Crippen LogP contribution in [0.25, 0.3) is 20.8 Å². The molecule has 5 aromatic rings. The predicted molar refractivity (Wildman–Crippen MR) is 184 cm³/mol. The monoisotopic (exact) mass is 684 g/mol. The highest BCUT2D eigenvalue weighted by Gasteiger charge is 2.42. The van der Waals surface area contributed by atoms with Gasteiger partial charge in [-0.25, -0.2) is 15.0 Å². The minimum atomic E-state index is -1.12. The van der Waals surface area contributed by atoms with Gasteiger partial charge in [-0.1, -0.05) is 30.3 Å². The summed E-state index contributed by atoms with van der Waals surface area (Å²) in [6, 6.07) is 15.3. The average Bonchev–Trinajstić information content (AvgIpc) is 3.77. The fourth-order valence-corrected chi connectivity index (χ4v) is 8.57. The van der Waals surface area contributed by atoms with Crippen molar-refractivity contribution in [1.29, 1.82) is 0 Å². The molecule has 6 heterocycles. The van der Waals surface area contributed by atoms with E-state index in [1.807, 2.05) is 58.5 Å². The van der Waals surface area contributed by atoms with E-state index < -0.39 is 5.60 Å². The van der Waals surface area contributed by atoms with E-state index in [0.717, 1.165) is 11.1 Å². The van der Waals surface area contributed by atoms with Crippen LogP contribution in [0.2, 0.25) is 0 Å². The average molecular weight is 685 g/mol. The van der Waals surface area contributed by atoms with Gasteiger partial charge in [0.05, 0.1) is 36.7 Å². The number of ether oxygens (including phenoxy) is 1. The number of fused-ring (bicyclic) bond motifs is 1. The van der Waals surface area contributed by atoms with Crippen molar-refractivity contribution in [3.63, 3.8) is 0 Å². The van der Waals surface area contributed by atoms with Crippen LogP contribution < -0.4 is 10.3 Å². The quantitative estimate of drug-likeness (QED) is 0.264. The molecule has 1 aromatic carbocycles. The van der Waals surface area contributed by atoms with E-state index in [4.69, 9.17) is 4.74 Å². The molecule has 48 heavy (non-hydrogen) atoms. The highest BCUT2D eigenvalue weighted by molar-refractivity contribution is 7.17. The number of pyridine rings is 1. The molecule has 0 radical (unpaired) electrons. The van der Waals surface area contributed by atoms with Crippen LogP contribution in [0.15, 0.2) is 71.2 Å². The van der Waals surface area contributed by atoms with Gasteiger partial charge in [0.1, 0.15) is 14.7 Å². The van der Waals surface area contributed by atoms with Gasteiger partial charge < -0.3 is 19.6 Å². The zero-order valence-electron chi connectivity index (χ0n) is 26.7. The van der Waals surface area contributed by atoms with E-state index in [1.165, 1.54) is 33.6 Å². The first-order valence-corrected chi connectivity index (χ1v) is 17.7. The number of amides is 2. The first-order valence-electron chi connectivity index (χ1n) is 16.0. The highest BCUT2D eigenvalue weighted by atomic mass is 32.1. The van der Waals surface area contributed by atoms with Gasteiger partial charge in [-0.2, -0.15) is 0 Å². The lowest BCUT2D eigenvalue weighted by Gasteiger charge is -2.43. The number of aryl methyl sites for hydroxylation is 1. The van der Waals surface area contributed by atoms with E-state index in [9.17, 15) is 19.5 Å². The van der Waals surface area contributed by atoms with Crippen molar-refractivity contribution in [2.75, 3.05) is 33.3 Å². The van der Waals surface area contributed by atoms with E-state index in [2.05, 4.69) is 15.0 Å². The number of rotatable bonds is 7. The number of thiazole rings is 1. The summed E-state index contributed by atoms with van der Waals surface area (Å²) in [5, 5.41) is 14.6. The maximum Gasteiger partial charge on any atom is 0.265 e. The molecule has 0 saturated carbocycles. The zero-order valence-corrected chi connectivity index (χ0v) is 28.4. The number of hydrogen-bond donors (Lipinski definition) is 1. The lowest BCUT2D eigenvalue weighted by molar-refractivity contribution is -0.142. The number of likely N-dealkylation sites (tertiary alicyclic amines) is 2. The normalized spacial score (nSPS) is 19.4. The van der Waals surface area contributed by atoms with Crippen LogP contribution in [0, 0.1) is 12.8 Å². The molecular weight excluding hydrogens is 649 g/mol. The van der Waals surface area contributed by atoms with Crippen LogP contribution in [-0.4, -0.2) is 85.1 Å². The highest BCUT2D eigenvalue weighted by Crippen LogP contribution is 2.37. The second kappa shape index (κ2) is 13.2. The molecule has 13 heteroatoms. The van der Waals surface area contributed by atoms with Crippen LogP contribution in [0.1, 0.15) is 46.1 Å². The standard InChI is InChI=1S/C35H36N6O5S2/c1-22-29(48-30(38-22)24-8-9-28(46-2)36-18-24)34(44)40-14-10-25(27(19-40)23-6-4-3-5-7-23)32(42)39-15-12-35(45,13-16-39)20-41-21-37-31-26(33(41)43)11-17-47-31/h3-9,11,17-18,21,25,27,45H,10,12-16,19-20H2,1-2H3/t25-,27+/m1/s1. The second-order valence-electron chi connectivity index (χ2n) is 12.6. The Morgan fingerprint density at radius 3 is 2.56 bits per heavy atom. The van der Waals surface area contributed by atoms with Gasteiger partial charge in [0.2, 0.25) is 11.8 Å². The third-order valence-electron chi connectivity index (χ3n) is 9.55. The molecule has 0 bridgehead atoms. The molecule has 2 amide bonds. The van der Waals surface area contributed by atoms with Gasteiger partial charge in [-0.15, -0.1) is 22.7 Å². The summed E-state index contributed by atoms with van der Waals surface area (Å²) in [6.45, 7) is 3.63. The van der Waals surface area contributed by atoms with Crippen molar-refractivity contribution in [3.8, 4) is 16.5 Å². The number of methoxy groups -OCH3 is 1. The Labute approximate surface area is 285 Å². The van der Waals surface area contributed by atoms with Gasteiger partial charge in [0.15, 0.2) is 0 Å². The third kappa shape index (κ3) is 6.25. The number of benzene rings is 1. The summed E-state index contributed by atoms with van der Waals surface area (Å²) in [7, 11) is 1.56. The third-order valence-corrected chi connectivity index (χ3v) is 11.6. The summed E-state index contributed by atoms with van der Waals surface area (Å²) in [4.78, 5) is 59.3. The second-order valence-corrected chi connectivity index (χ2v) is 14.4. The summed E-state index contributed by atoms with van der Waals surface area (Å²) < 4.78 is 6.64. The summed E-state index contributed by atoms with van der Waals surface area (Å²) in [6.07, 6.45) is 4.44. The molecule has 11 nitrogen and oxygen atoms in total. The molecule has 1 N–H and O–H groups in total. The van der Waals surface area contributed by atoms with Crippen LogP contribution in [-0.2, 0) is 11.3 Å². The van der Waals surface area contributed by atoms with E-state index >= 15 is 0 Å². The fraction of sp³-hybridized carbons (Fsp3) is 0.371. The molecule has 7 rings (SSSR count). The number of nitrogens with zero attached hydrogens (tertiary/aromatic N) is 6. The number of aliphatic hydroxyl groups is 1. The Morgan fingerprint density at radius 1 is 1.04 bits per heavy atom. The van der Waals surface area contributed by atoms with Gasteiger partial charge in [0.25, 0.3) is 11.5 Å². The van der Waals surface area contributed by atoms with Crippen molar-refractivity contribution in [2.24, 2.45) is 5.92 Å². The first kappa shape index (κ1) is 32.1. The molecule has 0 unspecified atom stereocenters. The summed E-state index contributed by atoms with van der Waals surface area (Å²) in [5.74, 6) is -0.0244. The number of aromatic nitrogens is 4. The lowest BCUT2D eigenvalue weighted by atomic mass is 9.79. The number of hydrogen-bond acceptors (Lipinski definition) is 10. The molecule has 2 aliphatic rings. The maximum absolute atomic E-state index is 14.1. The predicted octanol–water partition coefficient (Wildman–Crippen LogP) is 4.59. The van der Waals surface area contributed by atoms with E-state index in [0.29, 0.717) is 77.1 Å². The lowest BCUT2D eigenvalue weighted by Crippen LogP contribution is -2.53. The minimum absolute atomic E-state index is 0.0415. The SMILES string of the molecule is COc1ccc(-c2nc(C)c(C(=O)N3CC[C@@H](C(=O)N4CCC(O)(Cn5cnc6sccc6c5=O)CC4)[C@H](c4ccccc4)C3)s2)cn1. The van der Waals surface area contributed by atoms with Crippen molar-refractivity contribution in [1.82, 2.24) is 29.3 Å². The minimum Gasteiger partial charge on any atom is -0.481 e. The maximum atomic E-state index is 14.1. The molecule has 0 spiro atoms. The van der Waals surface area contributed by atoms with Crippen molar-refractivity contribution < 1.29 is 19.4 Å². The van der Waals surface area contributed by atoms with Crippen molar-refractivity contribution in [3.05, 3.63) is 92.9 Å². The number of carbonyl (C=O) groups excluding carboxylic acids is 2. The van der Waals surface area contributed by atoms with Crippen LogP contribution in [0.3, 0.4) is 0 Å². The van der Waals surface area contributed by atoms with Gasteiger partial charge in [-0.3, -0.25) is 19.0 Å². The molecule has 4 aromatic heterocycles. The molecule has 2 saturated heterocycles. The van der Waals surface area contributed by atoms with Gasteiger partial charge >= 0.3 is 0 Å². The zero-order chi connectivity index (χ0) is 33.4. The molecule has 2 atom stereocenters. The smallest absolute Gasteiger partial charge is 0.265 e. The number of carbonyl (C=O) groups is 2. The Bertz CT molecular complexity index is 2000. The number of thiophene rings is 1. The van der Waals surface area contributed by atoms with Crippen molar-refractivity contribution >= 4 is 44.7 Å². The van der Waals surface area contributed by atoms with E-state index in [-0.39, 0.29) is 35.8 Å². The molecule has 2 aliphatic heterocycles. The van der Waals surface area contributed by atoms with E-state index in [1.54, 1.807) is 25.4 Å². The fourth-order valence-electron chi connectivity index (χ4n) is 6.82. The Hall–Kier alpha value is -4.46. The Balaban J connectivity index is 1.05. The van der Waals surface area contributed by atoms with Crippen LogP contribution >= 0.6 is 22.7 Å². The van der Waals surface area contributed by atoms with Crippen LogP contribution in [0.4, 0.5) is 0 Å². The number of piperidine rings is 2. The summed E-state index contributed by atoms with van der Waals surface area (Å²) in [5.41, 5.74) is 1.22. The molecule has 248 valence electrons. The van der Waals surface area contributed by atoms with Crippen LogP contribution in [0.5, 0.6) is 5.88 Å². The first-order chi connectivity index (χ1) is 23.2. The van der Waals surface area contributed by atoms with Gasteiger partial charge in [0, 0.05) is 55.8 Å². The Morgan fingerprint density at radius 2 is 1.83 bits per heavy atom. The summed E-state index contributed by atoms with van der Waals surface area (Å²) >= 11 is 2.76. The van der Waals surface area contributed by atoms with Gasteiger partial charge in [-0.05, 0) is 49.3 Å². The molecule has 0 aliphatic carbocycles.